The van der Waals surface area contributed by atoms with E-state index in [2.05, 4.69) is 10.0 Å². The van der Waals surface area contributed by atoms with Crippen molar-refractivity contribution in [3.05, 3.63) is 65.7 Å². The molecule has 1 atom stereocenters. The lowest BCUT2D eigenvalue weighted by Crippen LogP contribution is -2.49. The summed E-state index contributed by atoms with van der Waals surface area (Å²) in [6.45, 7) is 1.43. The molecule has 1 heterocycles. The van der Waals surface area contributed by atoms with Crippen molar-refractivity contribution in [1.82, 2.24) is 14.9 Å². The van der Waals surface area contributed by atoms with E-state index < -0.39 is 33.8 Å². The van der Waals surface area contributed by atoms with Crippen molar-refractivity contribution in [2.45, 2.75) is 17.9 Å². The molecule has 3 amide bonds. The SMILES string of the molecule is CC(C(=O)NCCNS(=O)(=O)c1ccccc1)N1C(=O)c2ccccc2C1=O. The summed E-state index contributed by atoms with van der Waals surface area (Å²) in [7, 11) is -3.67. The third-order valence-corrected chi connectivity index (χ3v) is 5.84. The fraction of sp³-hybridized carbons (Fsp3) is 0.211. The van der Waals surface area contributed by atoms with Crippen LogP contribution in [0.4, 0.5) is 0 Å². The van der Waals surface area contributed by atoms with Gasteiger partial charge in [0, 0.05) is 13.1 Å². The second-order valence-electron chi connectivity index (χ2n) is 6.20. The van der Waals surface area contributed by atoms with E-state index in [4.69, 9.17) is 0 Å². The minimum absolute atomic E-state index is 0.0123. The van der Waals surface area contributed by atoms with Gasteiger partial charge in [0.2, 0.25) is 15.9 Å². The molecule has 9 heteroatoms. The quantitative estimate of drug-likeness (QED) is 0.526. The van der Waals surface area contributed by atoms with Gasteiger partial charge in [-0.05, 0) is 31.2 Å². The molecule has 0 spiro atoms. The minimum Gasteiger partial charge on any atom is -0.353 e. The van der Waals surface area contributed by atoms with Gasteiger partial charge in [-0.3, -0.25) is 19.3 Å². The van der Waals surface area contributed by atoms with Gasteiger partial charge >= 0.3 is 0 Å². The highest BCUT2D eigenvalue weighted by Gasteiger charge is 2.40. The Bertz CT molecular complexity index is 986. The monoisotopic (exact) mass is 401 g/mol. The van der Waals surface area contributed by atoms with Crippen molar-refractivity contribution in [2.24, 2.45) is 0 Å². The topological polar surface area (TPSA) is 113 Å². The molecule has 8 nitrogen and oxygen atoms in total. The summed E-state index contributed by atoms with van der Waals surface area (Å²) in [4.78, 5) is 38.2. The summed E-state index contributed by atoms with van der Waals surface area (Å²) in [6, 6.07) is 13.2. The number of carbonyl (C=O) groups is 3. The molecule has 0 aliphatic carbocycles. The first kappa shape index (κ1) is 19.7. The zero-order chi connectivity index (χ0) is 20.3. The zero-order valence-electron chi connectivity index (χ0n) is 15.1. The van der Waals surface area contributed by atoms with Crippen LogP contribution in [0.2, 0.25) is 0 Å². The Labute approximate surface area is 162 Å². The van der Waals surface area contributed by atoms with E-state index in [1.54, 1.807) is 42.5 Å². The highest BCUT2D eigenvalue weighted by atomic mass is 32.2. The fourth-order valence-electron chi connectivity index (χ4n) is 2.88. The summed E-state index contributed by atoms with van der Waals surface area (Å²) in [5, 5.41) is 2.54. The average Bonchev–Trinajstić information content (AvgIpc) is 2.96. The van der Waals surface area contributed by atoms with Crippen LogP contribution in [0.3, 0.4) is 0 Å². The zero-order valence-corrected chi connectivity index (χ0v) is 15.9. The number of hydrogen-bond donors (Lipinski definition) is 2. The van der Waals surface area contributed by atoms with E-state index in [1.807, 2.05) is 0 Å². The van der Waals surface area contributed by atoms with Crippen molar-refractivity contribution in [3.63, 3.8) is 0 Å². The van der Waals surface area contributed by atoms with Crippen LogP contribution in [0.15, 0.2) is 59.5 Å². The van der Waals surface area contributed by atoms with Crippen LogP contribution in [0.5, 0.6) is 0 Å². The molecule has 0 aromatic heterocycles. The molecule has 1 aliphatic rings. The molecule has 3 rings (SSSR count). The number of carbonyl (C=O) groups excluding carboxylic acids is 3. The normalized spacial score (nSPS) is 14.7. The summed E-state index contributed by atoms with van der Waals surface area (Å²) >= 11 is 0. The lowest BCUT2D eigenvalue weighted by atomic mass is 10.1. The number of amides is 3. The smallest absolute Gasteiger partial charge is 0.262 e. The number of nitrogens with one attached hydrogen (secondary N) is 2. The average molecular weight is 401 g/mol. The van der Waals surface area contributed by atoms with E-state index in [9.17, 15) is 22.8 Å². The molecule has 0 fully saturated rings. The van der Waals surface area contributed by atoms with E-state index >= 15 is 0 Å². The maximum absolute atomic E-state index is 12.4. The van der Waals surface area contributed by atoms with Crippen LogP contribution in [0.25, 0.3) is 0 Å². The third kappa shape index (κ3) is 3.80. The summed E-state index contributed by atoms with van der Waals surface area (Å²) in [6.07, 6.45) is 0. The van der Waals surface area contributed by atoms with E-state index in [-0.39, 0.29) is 29.1 Å². The minimum atomic E-state index is -3.67. The predicted molar refractivity (Wildman–Crippen MR) is 101 cm³/mol. The van der Waals surface area contributed by atoms with Gasteiger partial charge in [0.05, 0.1) is 16.0 Å². The first-order valence-electron chi connectivity index (χ1n) is 8.62. The second-order valence-corrected chi connectivity index (χ2v) is 7.97. The first-order valence-corrected chi connectivity index (χ1v) is 10.1. The lowest BCUT2D eigenvalue weighted by molar-refractivity contribution is -0.124. The highest BCUT2D eigenvalue weighted by Crippen LogP contribution is 2.24. The van der Waals surface area contributed by atoms with Gasteiger partial charge in [-0.15, -0.1) is 0 Å². The van der Waals surface area contributed by atoms with Gasteiger partial charge in [-0.1, -0.05) is 30.3 Å². The molecule has 0 saturated heterocycles. The van der Waals surface area contributed by atoms with E-state index in [0.29, 0.717) is 0 Å². The molecule has 1 unspecified atom stereocenters. The van der Waals surface area contributed by atoms with Gasteiger partial charge in [0.1, 0.15) is 6.04 Å². The molecule has 2 aromatic carbocycles. The number of fused-ring (bicyclic) bond motifs is 1. The molecular formula is C19H19N3O5S. The van der Waals surface area contributed by atoms with Gasteiger partial charge in [-0.25, -0.2) is 13.1 Å². The van der Waals surface area contributed by atoms with Gasteiger partial charge in [-0.2, -0.15) is 0 Å². The Balaban J connectivity index is 1.55. The maximum atomic E-state index is 12.4. The molecule has 0 radical (unpaired) electrons. The Hall–Kier alpha value is -3.04. The van der Waals surface area contributed by atoms with Crippen LogP contribution >= 0.6 is 0 Å². The Morgan fingerprint density at radius 1 is 0.929 bits per heavy atom. The third-order valence-electron chi connectivity index (χ3n) is 4.36. The predicted octanol–water partition coefficient (Wildman–Crippen LogP) is 0.766. The van der Waals surface area contributed by atoms with Crippen molar-refractivity contribution in [1.29, 1.82) is 0 Å². The molecule has 146 valence electrons. The molecule has 1 aliphatic heterocycles. The molecule has 2 aromatic rings. The Kier molecular flexibility index (Phi) is 5.57. The van der Waals surface area contributed by atoms with Crippen LogP contribution in [-0.4, -0.2) is 50.2 Å². The fourth-order valence-corrected chi connectivity index (χ4v) is 3.93. The molecule has 2 N–H and O–H groups in total. The van der Waals surface area contributed by atoms with Crippen molar-refractivity contribution < 1.29 is 22.8 Å². The van der Waals surface area contributed by atoms with Gasteiger partial charge in [0.25, 0.3) is 11.8 Å². The summed E-state index contributed by atoms with van der Waals surface area (Å²) in [5.41, 5.74) is 0.533. The lowest BCUT2D eigenvalue weighted by Gasteiger charge is -2.21. The van der Waals surface area contributed by atoms with Crippen molar-refractivity contribution in [2.75, 3.05) is 13.1 Å². The van der Waals surface area contributed by atoms with E-state index in [0.717, 1.165) is 4.90 Å². The number of benzene rings is 2. The van der Waals surface area contributed by atoms with E-state index in [1.165, 1.54) is 19.1 Å². The highest BCUT2D eigenvalue weighted by molar-refractivity contribution is 7.89. The molecular weight excluding hydrogens is 382 g/mol. The van der Waals surface area contributed by atoms with Gasteiger partial charge in [0.15, 0.2) is 0 Å². The Morgan fingerprint density at radius 3 is 2.04 bits per heavy atom. The maximum Gasteiger partial charge on any atom is 0.262 e. The van der Waals surface area contributed by atoms with Crippen molar-refractivity contribution >= 4 is 27.7 Å². The number of sulfonamides is 1. The van der Waals surface area contributed by atoms with Gasteiger partial charge < -0.3 is 5.32 Å². The molecule has 0 bridgehead atoms. The van der Waals surface area contributed by atoms with Crippen LogP contribution in [-0.2, 0) is 14.8 Å². The summed E-state index contributed by atoms with van der Waals surface area (Å²) in [5.74, 6) is -1.59. The van der Waals surface area contributed by atoms with Crippen LogP contribution < -0.4 is 10.0 Å². The second kappa shape index (κ2) is 7.91. The molecule has 28 heavy (non-hydrogen) atoms. The Morgan fingerprint density at radius 2 is 1.46 bits per heavy atom. The number of nitrogens with zero attached hydrogens (tertiary/aromatic N) is 1. The largest absolute Gasteiger partial charge is 0.353 e. The number of imide groups is 1. The van der Waals surface area contributed by atoms with Crippen LogP contribution in [0, 0.1) is 0 Å². The van der Waals surface area contributed by atoms with Crippen molar-refractivity contribution in [3.8, 4) is 0 Å². The van der Waals surface area contributed by atoms with Crippen LogP contribution in [0.1, 0.15) is 27.6 Å². The molecule has 0 saturated carbocycles. The standard InChI is InChI=1S/C19H19N3O5S/c1-13(22-18(24)15-9-5-6-10-16(15)19(22)25)17(23)20-11-12-21-28(26,27)14-7-3-2-4-8-14/h2-10,13,21H,11-12H2,1H3,(H,20,23). The first-order chi connectivity index (χ1) is 13.3. The number of rotatable bonds is 7. The number of hydrogen-bond acceptors (Lipinski definition) is 5. The summed E-state index contributed by atoms with van der Waals surface area (Å²) < 4.78 is 26.6.